The van der Waals surface area contributed by atoms with Crippen LogP contribution in [0.3, 0.4) is 0 Å². The second-order valence-electron chi connectivity index (χ2n) is 7.58. The van der Waals surface area contributed by atoms with Crippen LogP contribution in [0.5, 0.6) is 0 Å². The highest BCUT2D eigenvalue weighted by molar-refractivity contribution is 5.99. The number of nitrogens with one attached hydrogen (secondary N) is 1. The number of carbonyl (C=O) groups is 2. The highest BCUT2D eigenvalue weighted by Crippen LogP contribution is 2.30. The largest absolute Gasteiger partial charge is 0.355 e. The number of fused-ring (bicyclic) bond motifs is 1. The molecule has 3 rings (SSSR count). The average Bonchev–Trinajstić information content (AvgIpc) is 3.03. The first-order valence-electron chi connectivity index (χ1n) is 8.67. The quantitative estimate of drug-likeness (QED) is 0.902. The third-order valence-electron chi connectivity index (χ3n) is 4.67. The van der Waals surface area contributed by atoms with Crippen LogP contribution in [-0.2, 0) is 4.79 Å². The van der Waals surface area contributed by atoms with E-state index in [9.17, 15) is 9.59 Å². The Morgan fingerprint density at radius 1 is 1.32 bits per heavy atom. The van der Waals surface area contributed by atoms with Crippen molar-refractivity contribution < 1.29 is 9.59 Å². The van der Waals surface area contributed by atoms with Gasteiger partial charge in [-0.3, -0.25) is 9.59 Å². The molecule has 2 aromatic heterocycles. The van der Waals surface area contributed by atoms with Gasteiger partial charge in [-0.05, 0) is 18.9 Å². The predicted molar refractivity (Wildman–Crippen MR) is 94.4 cm³/mol. The summed E-state index contributed by atoms with van der Waals surface area (Å²) in [6.07, 6.45) is 5.21. The minimum atomic E-state index is -0.381. The summed E-state index contributed by atoms with van der Waals surface area (Å²) < 4.78 is 1.74. The molecule has 1 saturated heterocycles. The molecule has 1 atom stereocenters. The van der Waals surface area contributed by atoms with E-state index in [1.54, 1.807) is 24.0 Å². The highest BCUT2D eigenvalue weighted by Gasteiger charge is 2.32. The molecule has 0 saturated carbocycles. The number of hydrogen-bond donors (Lipinski definition) is 1. The van der Waals surface area contributed by atoms with E-state index in [1.807, 2.05) is 31.7 Å². The van der Waals surface area contributed by atoms with Crippen LogP contribution in [0, 0.1) is 5.41 Å². The fraction of sp³-hybridized carbons (Fsp3) is 0.556. The lowest BCUT2D eigenvalue weighted by atomic mass is 9.90. The van der Waals surface area contributed by atoms with Gasteiger partial charge in [0.1, 0.15) is 5.56 Å². The molecule has 1 unspecified atom stereocenters. The van der Waals surface area contributed by atoms with Crippen LogP contribution < -0.4 is 5.32 Å². The SMILES string of the molecule is CNC(=O)c1cnn2c(C3CCCN(C(=O)C(C)(C)C)C3)ccnc12. The van der Waals surface area contributed by atoms with Gasteiger partial charge in [0.2, 0.25) is 5.91 Å². The zero-order valence-corrected chi connectivity index (χ0v) is 15.2. The van der Waals surface area contributed by atoms with E-state index in [4.69, 9.17) is 0 Å². The van der Waals surface area contributed by atoms with Crippen molar-refractivity contribution in [3.8, 4) is 0 Å². The zero-order valence-electron chi connectivity index (χ0n) is 15.2. The second-order valence-corrected chi connectivity index (χ2v) is 7.58. The molecule has 7 heteroatoms. The third-order valence-corrected chi connectivity index (χ3v) is 4.67. The summed E-state index contributed by atoms with van der Waals surface area (Å²) in [6.45, 7) is 7.32. The number of aromatic nitrogens is 3. The van der Waals surface area contributed by atoms with Crippen molar-refractivity contribution in [2.45, 2.75) is 39.5 Å². The minimum absolute atomic E-state index is 0.175. The Hall–Kier alpha value is -2.44. The maximum atomic E-state index is 12.6. The highest BCUT2D eigenvalue weighted by atomic mass is 16.2. The average molecular weight is 343 g/mol. The van der Waals surface area contributed by atoms with Crippen LogP contribution in [-0.4, -0.2) is 51.4 Å². The number of hydrogen-bond acceptors (Lipinski definition) is 4. The van der Waals surface area contributed by atoms with Crippen LogP contribution in [0.4, 0.5) is 0 Å². The second kappa shape index (κ2) is 6.46. The fourth-order valence-electron chi connectivity index (χ4n) is 3.39. The molecule has 0 spiro atoms. The molecule has 134 valence electrons. The summed E-state index contributed by atoms with van der Waals surface area (Å²) in [7, 11) is 1.59. The van der Waals surface area contributed by atoms with Gasteiger partial charge >= 0.3 is 0 Å². The molecular weight excluding hydrogens is 318 g/mol. The van der Waals surface area contributed by atoms with Gasteiger partial charge < -0.3 is 10.2 Å². The molecule has 7 nitrogen and oxygen atoms in total. The Morgan fingerprint density at radius 3 is 2.76 bits per heavy atom. The first-order valence-corrected chi connectivity index (χ1v) is 8.67. The first kappa shape index (κ1) is 17.4. The van der Waals surface area contributed by atoms with Gasteiger partial charge in [0.25, 0.3) is 5.91 Å². The number of likely N-dealkylation sites (tertiary alicyclic amines) is 1. The van der Waals surface area contributed by atoms with E-state index >= 15 is 0 Å². The van der Waals surface area contributed by atoms with E-state index in [2.05, 4.69) is 15.4 Å². The number of piperidine rings is 1. The Kier molecular flexibility index (Phi) is 4.49. The lowest BCUT2D eigenvalue weighted by molar-refractivity contribution is -0.140. The Morgan fingerprint density at radius 2 is 2.08 bits per heavy atom. The minimum Gasteiger partial charge on any atom is -0.355 e. The first-order chi connectivity index (χ1) is 11.8. The van der Waals surface area contributed by atoms with Gasteiger partial charge in [0, 0.05) is 37.7 Å². The van der Waals surface area contributed by atoms with Crippen molar-refractivity contribution in [2.75, 3.05) is 20.1 Å². The molecular formula is C18H25N5O2. The van der Waals surface area contributed by atoms with Gasteiger partial charge in [-0.1, -0.05) is 20.8 Å². The van der Waals surface area contributed by atoms with E-state index in [-0.39, 0.29) is 23.1 Å². The topological polar surface area (TPSA) is 79.6 Å². The molecule has 0 aliphatic carbocycles. The Balaban J connectivity index is 1.93. The van der Waals surface area contributed by atoms with E-state index in [1.165, 1.54) is 0 Å². The van der Waals surface area contributed by atoms with Crippen molar-refractivity contribution >= 4 is 17.5 Å². The summed E-state index contributed by atoms with van der Waals surface area (Å²) in [4.78, 5) is 30.9. The Labute approximate surface area is 147 Å². The molecule has 2 aromatic rings. The lowest BCUT2D eigenvalue weighted by Crippen LogP contribution is -2.44. The number of nitrogens with zero attached hydrogens (tertiary/aromatic N) is 4. The zero-order chi connectivity index (χ0) is 18.2. The van der Waals surface area contributed by atoms with Gasteiger partial charge in [-0.25, -0.2) is 9.50 Å². The van der Waals surface area contributed by atoms with Crippen LogP contribution in [0.2, 0.25) is 0 Å². The Bertz CT molecular complexity index is 805. The van der Waals surface area contributed by atoms with E-state index in [0.29, 0.717) is 17.8 Å². The van der Waals surface area contributed by atoms with Crippen molar-refractivity contribution in [1.29, 1.82) is 0 Å². The fourth-order valence-corrected chi connectivity index (χ4v) is 3.39. The smallest absolute Gasteiger partial charge is 0.256 e. The molecule has 1 aliphatic heterocycles. The predicted octanol–water partition coefficient (Wildman–Crippen LogP) is 1.84. The molecule has 1 fully saturated rings. The van der Waals surface area contributed by atoms with Crippen molar-refractivity contribution in [2.24, 2.45) is 5.41 Å². The summed E-state index contributed by atoms with van der Waals surface area (Å²) in [5.74, 6) is 0.157. The number of amides is 2. The van der Waals surface area contributed by atoms with E-state index in [0.717, 1.165) is 25.1 Å². The summed E-state index contributed by atoms with van der Waals surface area (Å²) in [5, 5.41) is 6.98. The molecule has 0 radical (unpaired) electrons. The van der Waals surface area contributed by atoms with Gasteiger partial charge in [-0.15, -0.1) is 0 Å². The molecule has 0 bridgehead atoms. The molecule has 2 amide bonds. The number of rotatable bonds is 2. The van der Waals surface area contributed by atoms with Crippen molar-refractivity contribution in [3.05, 3.63) is 29.7 Å². The molecule has 1 N–H and O–H groups in total. The standard InChI is InChI=1S/C18H25N5O2/c1-18(2,3)17(25)22-9-5-6-12(11-22)14-7-8-20-15-13(16(24)19-4)10-21-23(14)15/h7-8,10,12H,5-6,9,11H2,1-4H3,(H,19,24). The maximum absolute atomic E-state index is 12.6. The lowest BCUT2D eigenvalue weighted by Gasteiger charge is -2.36. The molecule has 3 heterocycles. The van der Waals surface area contributed by atoms with Gasteiger partial charge in [0.05, 0.1) is 11.9 Å². The van der Waals surface area contributed by atoms with E-state index < -0.39 is 0 Å². The molecule has 0 aromatic carbocycles. The van der Waals surface area contributed by atoms with Crippen LogP contribution in [0.25, 0.3) is 5.65 Å². The summed E-state index contributed by atoms with van der Waals surface area (Å²) in [6, 6.07) is 1.93. The summed E-state index contributed by atoms with van der Waals surface area (Å²) >= 11 is 0. The van der Waals surface area contributed by atoms with Crippen molar-refractivity contribution in [3.63, 3.8) is 0 Å². The van der Waals surface area contributed by atoms with Crippen molar-refractivity contribution in [1.82, 2.24) is 24.8 Å². The van der Waals surface area contributed by atoms with Crippen LogP contribution >= 0.6 is 0 Å². The maximum Gasteiger partial charge on any atom is 0.256 e. The van der Waals surface area contributed by atoms with Gasteiger partial charge in [-0.2, -0.15) is 5.10 Å². The summed E-state index contributed by atoms with van der Waals surface area (Å²) in [5.41, 5.74) is 1.62. The normalized spacial score (nSPS) is 18.4. The molecule has 1 aliphatic rings. The van der Waals surface area contributed by atoms with Gasteiger partial charge in [0.15, 0.2) is 5.65 Å². The third kappa shape index (κ3) is 3.23. The molecule has 25 heavy (non-hydrogen) atoms. The van der Waals surface area contributed by atoms with Crippen LogP contribution in [0.1, 0.15) is 55.6 Å². The van der Waals surface area contributed by atoms with Crippen LogP contribution in [0.15, 0.2) is 18.5 Å². The monoisotopic (exact) mass is 343 g/mol. The number of carbonyl (C=O) groups excluding carboxylic acids is 2.